The summed E-state index contributed by atoms with van der Waals surface area (Å²) < 4.78 is 13.7. The highest BCUT2D eigenvalue weighted by Gasteiger charge is 2.20. The van der Waals surface area contributed by atoms with Crippen LogP contribution in [0.1, 0.15) is 33.9 Å². The molecule has 3 aromatic carbocycles. The third-order valence-corrected chi connectivity index (χ3v) is 6.90. The van der Waals surface area contributed by atoms with Gasteiger partial charge < -0.3 is 10.6 Å². The minimum Gasteiger partial charge on any atom is -0.345 e. The SMILES string of the molecule is O=C(CC(NC(=O)c1ccccc1)c1ccccc1)Nc1nnc(SCc2ccc(F)cc2)s1. The molecule has 2 N–H and O–H groups in total. The Kier molecular flexibility index (Phi) is 8.00. The summed E-state index contributed by atoms with van der Waals surface area (Å²) >= 11 is 2.72. The van der Waals surface area contributed by atoms with Gasteiger partial charge in [-0.2, -0.15) is 0 Å². The lowest BCUT2D eigenvalue weighted by molar-refractivity contribution is -0.116. The van der Waals surface area contributed by atoms with Crippen LogP contribution in [0.3, 0.4) is 0 Å². The molecule has 1 unspecified atom stereocenters. The first kappa shape index (κ1) is 23.6. The van der Waals surface area contributed by atoms with Crippen molar-refractivity contribution in [1.82, 2.24) is 15.5 Å². The van der Waals surface area contributed by atoms with Crippen LogP contribution < -0.4 is 10.6 Å². The van der Waals surface area contributed by atoms with Gasteiger partial charge in [0, 0.05) is 11.3 Å². The van der Waals surface area contributed by atoms with Crippen molar-refractivity contribution < 1.29 is 14.0 Å². The van der Waals surface area contributed by atoms with Crippen LogP contribution in [0.15, 0.2) is 89.3 Å². The first-order chi connectivity index (χ1) is 16.6. The number of rotatable bonds is 9. The van der Waals surface area contributed by atoms with E-state index in [1.54, 1.807) is 36.4 Å². The molecule has 1 aromatic heterocycles. The van der Waals surface area contributed by atoms with Crippen LogP contribution >= 0.6 is 23.1 Å². The Morgan fingerprint density at radius 1 is 0.912 bits per heavy atom. The van der Waals surface area contributed by atoms with Crippen LogP contribution in [0.2, 0.25) is 0 Å². The molecule has 4 rings (SSSR count). The molecule has 0 spiro atoms. The van der Waals surface area contributed by atoms with Gasteiger partial charge in [0.15, 0.2) is 4.34 Å². The van der Waals surface area contributed by atoms with Crippen molar-refractivity contribution in [1.29, 1.82) is 0 Å². The molecule has 0 saturated carbocycles. The van der Waals surface area contributed by atoms with E-state index in [4.69, 9.17) is 0 Å². The largest absolute Gasteiger partial charge is 0.345 e. The lowest BCUT2D eigenvalue weighted by Gasteiger charge is -2.18. The summed E-state index contributed by atoms with van der Waals surface area (Å²) in [5, 5.41) is 14.2. The number of halogens is 1. The van der Waals surface area contributed by atoms with E-state index in [1.165, 1.54) is 35.2 Å². The normalized spacial score (nSPS) is 11.6. The molecule has 1 heterocycles. The molecule has 6 nitrogen and oxygen atoms in total. The lowest BCUT2D eigenvalue weighted by Crippen LogP contribution is -2.31. The Bertz CT molecular complexity index is 1230. The number of aromatic nitrogens is 2. The maximum Gasteiger partial charge on any atom is 0.251 e. The number of nitrogens with one attached hydrogen (secondary N) is 2. The maximum atomic E-state index is 13.0. The summed E-state index contributed by atoms with van der Waals surface area (Å²) in [5.41, 5.74) is 2.32. The van der Waals surface area contributed by atoms with Crippen LogP contribution in [-0.4, -0.2) is 22.0 Å². The predicted octanol–water partition coefficient (Wildman–Crippen LogP) is 5.47. The number of thioether (sulfide) groups is 1. The first-order valence-corrected chi connectivity index (χ1v) is 12.3. The first-order valence-electron chi connectivity index (χ1n) is 10.5. The van der Waals surface area contributed by atoms with Gasteiger partial charge in [-0.15, -0.1) is 10.2 Å². The second-order valence-electron chi connectivity index (χ2n) is 7.34. The minimum absolute atomic E-state index is 0.0419. The van der Waals surface area contributed by atoms with Crippen LogP contribution in [0, 0.1) is 5.82 Å². The molecule has 9 heteroatoms. The van der Waals surface area contributed by atoms with E-state index >= 15 is 0 Å². The fraction of sp³-hybridized carbons (Fsp3) is 0.120. The van der Waals surface area contributed by atoms with Crippen molar-refractivity contribution in [2.45, 2.75) is 22.6 Å². The van der Waals surface area contributed by atoms with E-state index in [1.807, 2.05) is 36.4 Å². The number of nitrogens with zero attached hydrogens (tertiary/aromatic N) is 2. The number of hydrogen-bond donors (Lipinski definition) is 2. The second-order valence-corrected chi connectivity index (χ2v) is 9.54. The van der Waals surface area contributed by atoms with Crippen molar-refractivity contribution in [3.8, 4) is 0 Å². The molecule has 0 aliphatic heterocycles. The Hall–Kier alpha value is -3.56. The Morgan fingerprint density at radius 2 is 1.59 bits per heavy atom. The Balaban J connectivity index is 1.37. The number of anilines is 1. The van der Waals surface area contributed by atoms with Crippen molar-refractivity contribution in [2.75, 3.05) is 5.32 Å². The lowest BCUT2D eigenvalue weighted by atomic mass is 10.0. The summed E-state index contributed by atoms with van der Waals surface area (Å²) in [6.45, 7) is 0. The molecule has 0 aliphatic carbocycles. The third kappa shape index (κ3) is 6.72. The van der Waals surface area contributed by atoms with Crippen molar-refractivity contribution in [3.05, 3.63) is 107 Å². The van der Waals surface area contributed by atoms with E-state index < -0.39 is 6.04 Å². The average Bonchev–Trinajstić information content (AvgIpc) is 3.31. The fourth-order valence-electron chi connectivity index (χ4n) is 3.17. The topological polar surface area (TPSA) is 84.0 Å². The number of hydrogen-bond acceptors (Lipinski definition) is 6. The number of amides is 2. The van der Waals surface area contributed by atoms with Crippen LogP contribution in [0.4, 0.5) is 9.52 Å². The standard InChI is InChI=1S/C25H21FN4O2S2/c26-20-13-11-17(12-14-20)16-33-25-30-29-24(34-25)28-22(31)15-21(18-7-3-1-4-8-18)27-23(32)19-9-5-2-6-10-19/h1-14,21H,15-16H2,(H,27,32)(H,28,29,31). The molecule has 0 aliphatic rings. The monoisotopic (exact) mass is 492 g/mol. The molecular weight excluding hydrogens is 471 g/mol. The molecule has 2 amide bonds. The van der Waals surface area contributed by atoms with Gasteiger partial charge in [0.1, 0.15) is 5.82 Å². The third-order valence-electron chi connectivity index (χ3n) is 4.86. The average molecular weight is 493 g/mol. The molecule has 0 saturated heterocycles. The van der Waals surface area contributed by atoms with Crippen LogP contribution in [-0.2, 0) is 10.5 Å². The van der Waals surface area contributed by atoms with E-state index in [2.05, 4.69) is 20.8 Å². The summed E-state index contributed by atoms with van der Waals surface area (Å²) in [6, 6.07) is 24.0. The predicted molar refractivity (Wildman–Crippen MR) is 132 cm³/mol. The van der Waals surface area contributed by atoms with E-state index in [0.717, 1.165) is 11.1 Å². The Morgan fingerprint density at radius 3 is 2.29 bits per heavy atom. The van der Waals surface area contributed by atoms with Gasteiger partial charge in [-0.25, -0.2) is 4.39 Å². The number of carbonyl (C=O) groups is 2. The van der Waals surface area contributed by atoms with E-state index in [-0.39, 0.29) is 24.1 Å². The zero-order chi connectivity index (χ0) is 23.8. The summed E-state index contributed by atoms with van der Waals surface area (Å²) in [7, 11) is 0. The molecule has 0 radical (unpaired) electrons. The van der Waals surface area contributed by atoms with Gasteiger partial charge in [0.05, 0.1) is 12.5 Å². The molecule has 0 fully saturated rings. The van der Waals surface area contributed by atoms with E-state index in [0.29, 0.717) is 20.8 Å². The quantitative estimate of drug-likeness (QED) is 0.239. The highest BCUT2D eigenvalue weighted by molar-refractivity contribution is 8.00. The van der Waals surface area contributed by atoms with Crippen molar-refractivity contribution in [2.24, 2.45) is 0 Å². The zero-order valence-electron chi connectivity index (χ0n) is 18.0. The fourth-order valence-corrected chi connectivity index (χ4v) is 4.89. The smallest absolute Gasteiger partial charge is 0.251 e. The van der Waals surface area contributed by atoms with Gasteiger partial charge in [-0.1, -0.05) is 83.8 Å². The van der Waals surface area contributed by atoms with Gasteiger partial charge in [0.25, 0.3) is 5.91 Å². The number of carbonyl (C=O) groups excluding carboxylic acids is 2. The molecular formula is C25H21FN4O2S2. The van der Waals surface area contributed by atoms with Gasteiger partial charge in [0.2, 0.25) is 11.0 Å². The maximum absolute atomic E-state index is 13.0. The Labute approximate surface area is 204 Å². The highest BCUT2D eigenvalue weighted by Crippen LogP contribution is 2.29. The molecule has 172 valence electrons. The van der Waals surface area contributed by atoms with Crippen molar-refractivity contribution in [3.63, 3.8) is 0 Å². The number of benzene rings is 3. The molecule has 4 aromatic rings. The van der Waals surface area contributed by atoms with Gasteiger partial charge >= 0.3 is 0 Å². The second kappa shape index (κ2) is 11.5. The van der Waals surface area contributed by atoms with Gasteiger partial charge in [-0.05, 0) is 35.4 Å². The molecule has 1 atom stereocenters. The van der Waals surface area contributed by atoms with Crippen molar-refractivity contribution >= 4 is 40.0 Å². The minimum atomic E-state index is -0.505. The van der Waals surface area contributed by atoms with Crippen LogP contribution in [0.25, 0.3) is 0 Å². The van der Waals surface area contributed by atoms with Gasteiger partial charge in [-0.3, -0.25) is 9.59 Å². The summed E-state index contributed by atoms with van der Waals surface area (Å²) in [5.74, 6) is -0.195. The van der Waals surface area contributed by atoms with E-state index in [9.17, 15) is 14.0 Å². The zero-order valence-corrected chi connectivity index (χ0v) is 19.6. The molecule has 34 heavy (non-hydrogen) atoms. The molecule has 0 bridgehead atoms. The van der Waals surface area contributed by atoms with Crippen LogP contribution in [0.5, 0.6) is 0 Å². The summed E-state index contributed by atoms with van der Waals surface area (Å²) in [4.78, 5) is 25.5. The summed E-state index contributed by atoms with van der Waals surface area (Å²) in [6.07, 6.45) is 0.0419. The highest BCUT2D eigenvalue weighted by atomic mass is 32.2.